The van der Waals surface area contributed by atoms with Gasteiger partial charge in [-0.05, 0) is 18.2 Å². The average Bonchev–Trinajstić information content (AvgIpc) is 2.92. The van der Waals surface area contributed by atoms with E-state index in [0.29, 0.717) is 12.1 Å². The number of para-hydroxylation sites is 1. The van der Waals surface area contributed by atoms with Crippen LogP contribution in [-0.2, 0) is 6.54 Å². The zero-order valence-corrected chi connectivity index (χ0v) is 13.6. The highest BCUT2D eigenvalue weighted by Gasteiger charge is 2.10. The molecule has 0 fully saturated rings. The molecular formula is C19H14FN3S. The van der Waals surface area contributed by atoms with Crippen molar-refractivity contribution in [2.24, 2.45) is 5.73 Å². The molecule has 0 spiro atoms. The molecule has 2 N–H and O–H groups in total. The highest BCUT2D eigenvalue weighted by Crippen LogP contribution is 2.25. The highest BCUT2D eigenvalue weighted by atomic mass is 32.1. The molecule has 3 nitrogen and oxygen atoms in total. The van der Waals surface area contributed by atoms with Crippen molar-refractivity contribution >= 4 is 34.2 Å². The van der Waals surface area contributed by atoms with Crippen LogP contribution in [0.2, 0.25) is 0 Å². The first-order valence-corrected chi connectivity index (χ1v) is 7.74. The first-order valence-electron chi connectivity index (χ1n) is 7.33. The second kappa shape index (κ2) is 6.65. The third kappa shape index (κ3) is 3.05. The van der Waals surface area contributed by atoms with E-state index in [0.717, 1.165) is 16.5 Å². The van der Waals surface area contributed by atoms with Crippen LogP contribution in [0, 0.1) is 17.1 Å². The standard InChI is InChI=1S/C19H14FN3S/c20-17-7-3-1-5-13(17)11-23-12-15(9-14(10-21)19(22)24)16-6-2-4-8-18(16)23/h1-9,12H,11H2,(H2,22,24)/b14-9-. The summed E-state index contributed by atoms with van der Waals surface area (Å²) in [6.07, 6.45) is 3.55. The zero-order chi connectivity index (χ0) is 17.1. The Morgan fingerprint density at radius 3 is 2.62 bits per heavy atom. The Kier molecular flexibility index (Phi) is 4.41. The molecule has 118 valence electrons. The lowest BCUT2D eigenvalue weighted by Crippen LogP contribution is -2.09. The summed E-state index contributed by atoms with van der Waals surface area (Å²) in [5.41, 5.74) is 8.20. The topological polar surface area (TPSA) is 54.7 Å². The van der Waals surface area contributed by atoms with Gasteiger partial charge in [0.2, 0.25) is 0 Å². The smallest absolute Gasteiger partial charge is 0.128 e. The van der Waals surface area contributed by atoms with Crippen molar-refractivity contribution in [3.05, 3.63) is 77.2 Å². The summed E-state index contributed by atoms with van der Waals surface area (Å²) in [6, 6.07) is 16.4. The molecule has 0 aliphatic heterocycles. The Morgan fingerprint density at radius 1 is 1.21 bits per heavy atom. The van der Waals surface area contributed by atoms with Gasteiger partial charge in [0.05, 0.1) is 12.1 Å². The van der Waals surface area contributed by atoms with Gasteiger partial charge in [0, 0.05) is 28.2 Å². The lowest BCUT2D eigenvalue weighted by Gasteiger charge is -2.06. The van der Waals surface area contributed by atoms with Gasteiger partial charge in [-0.25, -0.2) is 4.39 Å². The molecule has 5 heteroatoms. The average molecular weight is 335 g/mol. The van der Waals surface area contributed by atoms with Gasteiger partial charge < -0.3 is 10.3 Å². The van der Waals surface area contributed by atoms with Crippen molar-refractivity contribution in [1.29, 1.82) is 5.26 Å². The molecule has 2 aromatic carbocycles. The van der Waals surface area contributed by atoms with Gasteiger partial charge in [-0.3, -0.25) is 0 Å². The summed E-state index contributed by atoms with van der Waals surface area (Å²) in [5.74, 6) is -0.242. The number of thiocarbonyl (C=S) groups is 1. The number of fused-ring (bicyclic) bond motifs is 1. The molecule has 3 rings (SSSR count). The number of benzene rings is 2. The third-order valence-corrected chi connectivity index (χ3v) is 4.02. The fourth-order valence-electron chi connectivity index (χ4n) is 2.65. The molecule has 0 radical (unpaired) electrons. The van der Waals surface area contributed by atoms with Crippen molar-refractivity contribution in [3.63, 3.8) is 0 Å². The van der Waals surface area contributed by atoms with Crippen molar-refractivity contribution in [2.75, 3.05) is 0 Å². The summed E-state index contributed by atoms with van der Waals surface area (Å²) in [4.78, 5) is 0.0587. The highest BCUT2D eigenvalue weighted by molar-refractivity contribution is 7.80. The predicted molar refractivity (Wildman–Crippen MR) is 97.8 cm³/mol. The summed E-state index contributed by atoms with van der Waals surface area (Å²) in [5, 5.41) is 10.1. The van der Waals surface area contributed by atoms with Gasteiger partial charge in [0.1, 0.15) is 16.9 Å². The van der Waals surface area contributed by atoms with E-state index >= 15 is 0 Å². The molecule has 0 saturated carbocycles. The second-order valence-corrected chi connectivity index (χ2v) is 5.79. The third-order valence-electron chi connectivity index (χ3n) is 3.80. The lowest BCUT2D eigenvalue weighted by molar-refractivity contribution is 0.602. The van der Waals surface area contributed by atoms with E-state index in [9.17, 15) is 4.39 Å². The maximum absolute atomic E-state index is 14.0. The molecule has 3 aromatic rings. The number of hydrogen-bond acceptors (Lipinski definition) is 2. The molecule has 0 unspecified atom stereocenters. The van der Waals surface area contributed by atoms with Crippen LogP contribution in [0.15, 0.2) is 60.3 Å². The van der Waals surface area contributed by atoms with E-state index in [-0.39, 0.29) is 16.4 Å². The Morgan fingerprint density at radius 2 is 1.92 bits per heavy atom. The van der Waals surface area contributed by atoms with E-state index in [1.807, 2.05) is 47.2 Å². The van der Waals surface area contributed by atoms with Gasteiger partial charge in [-0.15, -0.1) is 0 Å². The first kappa shape index (κ1) is 15.9. The van der Waals surface area contributed by atoms with E-state index in [2.05, 4.69) is 0 Å². The van der Waals surface area contributed by atoms with Gasteiger partial charge in [-0.2, -0.15) is 5.26 Å². The summed E-state index contributed by atoms with van der Waals surface area (Å²) >= 11 is 4.90. The number of nitriles is 1. The van der Waals surface area contributed by atoms with E-state index in [4.69, 9.17) is 23.2 Å². The van der Waals surface area contributed by atoms with Gasteiger partial charge in [0.15, 0.2) is 0 Å². The first-order chi connectivity index (χ1) is 11.6. The van der Waals surface area contributed by atoms with Crippen LogP contribution in [0.5, 0.6) is 0 Å². The molecule has 1 heterocycles. The monoisotopic (exact) mass is 335 g/mol. The van der Waals surface area contributed by atoms with E-state index in [1.54, 1.807) is 18.2 Å². The Balaban J connectivity index is 2.12. The van der Waals surface area contributed by atoms with Crippen LogP contribution >= 0.6 is 12.2 Å². The number of halogens is 1. The normalized spacial score (nSPS) is 11.4. The lowest BCUT2D eigenvalue weighted by atomic mass is 10.1. The van der Waals surface area contributed by atoms with Gasteiger partial charge >= 0.3 is 0 Å². The minimum absolute atomic E-state index is 0.0587. The predicted octanol–water partition coefficient (Wildman–Crippen LogP) is 4.02. The largest absolute Gasteiger partial charge is 0.389 e. The summed E-state index contributed by atoms with van der Waals surface area (Å²) in [6.45, 7) is 0.399. The van der Waals surface area contributed by atoms with Crippen LogP contribution < -0.4 is 5.73 Å². The molecule has 1 aromatic heterocycles. The molecule has 0 amide bonds. The number of nitrogens with two attached hydrogens (primary N) is 1. The fraction of sp³-hybridized carbons (Fsp3) is 0.0526. The number of hydrogen-bond donors (Lipinski definition) is 1. The summed E-state index contributed by atoms with van der Waals surface area (Å²) < 4.78 is 15.9. The summed E-state index contributed by atoms with van der Waals surface area (Å²) in [7, 11) is 0. The number of nitrogens with zero attached hydrogens (tertiary/aromatic N) is 2. The number of rotatable bonds is 4. The minimum atomic E-state index is -0.242. The van der Waals surface area contributed by atoms with Crippen LogP contribution in [0.4, 0.5) is 4.39 Å². The molecule has 24 heavy (non-hydrogen) atoms. The van der Waals surface area contributed by atoms with E-state index < -0.39 is 0 Å². The second-order valence-electron chi connectivity index (χ2n) is 5.35. The van der Waals surface area contributed by atoms with Gasteiger partial charge in [0.25, 0.3) is 0 Å². The van der Waals surface area contributed by atoms with Crippen LogP contribution in [0.1, 0.15) is 11.1 Å². The zero-order valence-electron chi connectivity index (χ0n) is 12.7. The maximum Gasteiger partial charge on any atom is 0.128 e. The molecular weight excluding hydrogens is 321 g/mol. The van der Waals surface area contributed by atoms with Crippen molar-refractivity contribution in [2.45, 2.75) is 6.54 Å². The van der Waals surface area contributed by atoms with E-state index in [1.165, 1.54) is 6.07 Å². The van der Waals surface area contributed by atoms with Crippen LogP contribution in [0.25, 0.3) is 17.0 Å². The van der Waals surface area contributed by atoms with Gasteiger partial charge in [-0.1, -0.05) is 48.6 Å². The molecule has 0 bridgehead atoms. The maximum atomic E-state index is 14.0. The SMILES string of the molecule is N#C/C(=C/c1cn(Cc2ccccc2F)c2ccccc12)C(N)=S. The minimum Gasteiger partial charge on any atom is -0.389 e. The molecule has 0 aliphatic carbocycles. The van der Waals surface area contributed by atoms with Crippen molar-refractivity contribution in [1.82, 2.24) is 4.57 Å². The Labute approximate surface area is 144 Å². The van der Waals surface area contributed by atoms with Crippen LogP contribution in [-0.4, -0.2) is 9.56 Å². The Bertz CT molecular complexity index is 995. The number of aromatic nitrogens is 1. The van der Waals surface area contributed by atoms with Crippen LogP contribution in [0.3, 0.4) is 0 Å². The molecule has 0 atom stereocenters. The molecule has 0 aliphatic rings. The van der Waals surface area contributed by atoms with Crippen molar-refractivity contribution < 1.29 is 4.39 Å². The van der Waals surface area contributed by atoms with Crippen molar-refractivity contribution in [3.8, 4) is 6.07 Å². The quantitative estimate of drug-likeness (QED) is 0.445. The fourth-order valence-corrected chi connectivity index (χ4v) is 2.75. The molecule has 0 saturated heterocycles. The Hall–Kier alpha value is -2.97.